The lowest BCUT2D eigenvalue weighted by atomic mass is 10.3. The van der Waals surface area contributed by atoms with Crippen LogP contribution in [0, 0.1) is 0 Å². The van der Waals surface area contributed by atoms with Gasteiger partial charge in [-0.25, -0.2) is 0 Å². The van der Waals surface area contributed by atoms with Crippen molar-refractivity contribution in [2.24, 2.45) is 0 Å². The summed E-state index contributed by atoms with van der Waals surface area (Å²) in [7, 11) is 0. The minimum Gasteiger partial charge on any atom is -0.347 e. The average molecular weight is 174 g/mol. The third-order valence-corrected chi connectivity index (χ3v) is 1.58. The molecule has 0 aromatic rings. The number of hydrogen-bond donors (Lipinski definition) is 0. The molecule has 1 saturated heterocycles. The Labute approximate surface area is 71.8 Å². The van der Waals surface area contributed by atoms with E-state index in [0.29, 0.717) is 6.61 Å². The van der Waals surface area contributed by atoms with Gasteiger partial charge < -0.3 is 14.2 Å². The molecule has 0 radical (unpaired) electrons. The molecule has 2 unspecified atom stereocenters. The minimum atomic E-state index is -0.745. The SMILES string of the molecule is CC(=O)COC1(C)COC(C)O1. The Morgan fingerprint density at radius 1 is 1.75 bits per heavy atom. The second-order valence-corrected chi connectivity index (χ2v) is 3.12. The van der Waals surface area contributed by atoms with Crippen molar-refractivity contribution >= 4 is 5.78 Å². The Balaban J connectivity index is 2.35. The van der Waals surface area contributed by atoms with E-state index in [1.54, 1.807) is 13.8 Å². The van der Waals surface area contributed by atoms with Crippen LogP contribution >= 0.6 is 0 Å². The van der Waals surface area contributed by atoms with Crippen molar-refractivity contribution in [2.75, 3.05) is 13.2 Å². The molecule has 4 nitrogen and oxygen atoms in total. The van der Waals surface area contributed by atoms with Gasteiger partial charge in [0.25, 0.3) is 0 Å². The van der Waals surface area contributed by atoms with Gasteiger partial charge >= 0.3 is 0 Å². The van der Waals surface area contributed by atoms with Crippen molar-refractivity contribution in [2.45, 2.75) is 32.8 Å². The van der Waals surface area contributed by atoms with Crippen LogP contribution < -0.4 is 0 Å². The zero-order valence-electron chi connectivity index (χ0n) is 7.62. The molecule has 1 aliphatic rings. The van der Waals surface area contributed by atoms with Crippen molar-refractivity contribution < 1.29 is 19.0 Å². The van der Waals surface area contributed by atoms with E-state index in [9.17, 15) is 4.79 Å². The highest BCUT2D eigenvalue weighted by Crippen LogP contribution is 2.23. The molecule has 0 amide bonds. The maximum absolute atomic E-state index is 10.6. The molecule has 0 saturated carbocycles. The lowest BCUT2D eigenvalue weighted by Crippen LogP contribution is -2.33. The van der Waals surface area contributed by atoms with Crippen LogP contribution in [0.5, 0.6) is 0 Å². The topological polar surface area (TPSA) is 44.8 Å². The monoisotopic (exact) mass is 174 g/mol. The first-order valence-corrected chi connectivity index (χ1v) is 3.95. The van der Waals surface area contributed by atoms with Crippen LogP contribution in [-0.4, -0.2) is 31.1 Å². The van der Waals surface area contributed by atoms with Crippen molar-refractivity contribution in [3.05, 3.63) is 0 Å². The summed E-state index contributed by atoms with van der Waals surface area (Å²) in [4.78, 5) is 10.6. The molecular weight excluding hydrogens is 160 g/mol. The van der Waals surface area contributed by atoms with E-state index in [1.165, 1.54) is 6.92 Å². The third-order valence-electron chi connectivity index (χ3n) is 1.58. The van der Waals surface area contributed by atoms with Crippen LogP contribution in [0.1, 0.15) is 20.8 Å². The summed E-state index contributed by atoms with van der Waals surface area (Å²) in [5.41, 5.74) is 0. The van der Waals surface area contributed by atoms with Gasteiger partial charge in [-0.2, -0.15) is 0 Å². The Kier molecular flexibility index (Phi) is 2.82. The molecule has 1 heterocycles. The fraction of sp³-hybridized carbons (Fsp3) is 0.875. The van der Waals surface area contributed by atoms with Gasteiger partial charge in [-0.15, -0.1) is 0 Å². The molecule has 1 aliphatic heterocycles. The molecular formula is C8H14O4. The van der Waals surface area contributed by atoms with Gasteiger partial charge in [0.1, 0.15) is 13.2 Å². The fourth-order valence-corrected chi connectivity index (χ4v) is 1.02. The Bertz CT molecular complexity index is 180. The standard InChI is InChI=1S/C8H14O4/c1-6(9)4-11-8(3)5-10-7(2)12-8/h7H,4-5H2,1-3H3. The molecule has 1 fully saturated rings. The second-order valence-electron chi connectivity index (χ2n) is 3.12. The van der Waals surface area contributed by atoms with Gasteiger partial charge in [0.2, 0.25) is 0 Å². The van der Waals surface area contributed by atoms with Crippen LogP contribution in [0.3, 0.4) is 0 Å². The Hall–Kier alpha value is -0.450. The van der Waals surface area contributed by atoms with E-state index >= 15 is 0 Å². The molecule has 70 valence electrons. The highest BCUT2D eigenvalue weighted by atomic mass is 16.8. The molecule has 0 spiro atoms. The maximum atomic E-state index is 10.6. The van der Waals surface area contributed by atoms with Crippen molar-refractivity contribution in [1.29, 1.82) is 0 Å². The molecule has 0 aromatic carbocycles. The first-order valence-electron chi connectivity index (χ1n) is 3.95. The van der Waals surface area contributed by atoms with Gasteiger partial charge in [-0.05, 0) is 20.8 Å². The van der Waals surface area contributed by atoms with E-state index in [2.05, 4.69) is 0 Å². The zero-order chi connectivity index (χ0) is 9.19. The summed E-state index contributed by atoms with van der Waals surface area (Å²) in [5, 5.41) is 0. The van der Waals surface area contributed by atoms with Gasteiger partial charge in [0.05, 0.1) is 0 Å². The smallest absolute Gasteiger partial charge is 0.192 e. The average Bonchev–Trinajstić information content (AvgIpc) is 2.29. The summed E-state index contributed by atoms with van der Waals surface area (Å²) in [6.45, 7) is 5.48. The van der Waals surface area contributed by atoms with E-state index in [0.717, 1.165) is 0 Å². The molecule has 0 aromatic heterocycles. The van der Waals surface area contributed by atoms with E-state index in [1.807, 2.05) is 0 Å². The van der Waals surface area contributed by atoms with Crippen LogP contribution in [0.2, 0.25) is 0 Å². The van der Waals surface area contributed by atoms with E-state index in [-0.39, 0.29) is 18.7 Å². The Morgan fingerprint density at radius 3 is 2.83 bits per heavy atom. The van der Waals surface area contributed by atoms with E-state index < -0.39 is 5.79 Å². The zero-order valence-corrected chi connectivity index (χ0v) is 7.62. The number of carbonyl (C=O) groups excluding carboxylic acids is 1. The van der Waals surface area contributed by atoms with Gasteiger partial charge in [0, 0.05) is 0 Å². The van der Waals surface area contributed by atoms with Crippen LogP contribution in [-0.2, 0) is 19.0 Å². The predicted octanol–water partition coefficient (Wildman–Crippen LogP) is 0.701. The van der Waals surface area contributed by atoms with Crippen LogP contribution in [0.25, 0.3) is 0 Å². The number of hydrogen-bond acceptors (Lipinski definition) is 4. The number of rotatable bonds is 3. The summed E-state index contributed by atoms with van der Waals surface area (Å²) in [5.74, 6) is -0.759. The minimum absolute atomic E-state index is 0.0145. The van der Waals surface area contributed by atoms with Gasteiger partial charge in [0.15, 0.2) is 17.9 Å². The number of ketones is 1. The molecule has 0 aliphatic carbocycles. The van der Waals surface area contributed by atoms with Crippen molar-refractivity contribution in [3.63, 3.8) is 0 Å². The quantitative estimate of drug-likeness (QED) is 0.631. The van der Waals surface area contributed by atoms with Crippen LogP contribution in [0.15, 0.2) is 0 Å². The number of Topliss-reactive ketones (excluding diaryl/α,β-unsaturated/α-hetero) is 1. The highest BCUT2D eigenvalue weighted by molar-refractivity contribution is 5.76. The predicted molar refractivity (Wildman–Crippen MR) is 41.5 cm³/mol. The number of ether oxygens (including phenoxy) is 3. The fourth-order valence-electron chi connectivity index (χ4n) is 1.02. The normalized spacial score (nSPS) is 35.4. The summed E-state index contributed by atoms with van der Waals surface area (Å²) < 4.78 is 15.7. The van der Waals surface area contributed by atoms with Crippen molar-refractivity contribution in [3.8, 4) is 0 Å². The van der Waals surface area contributed by atoms with Crippen LogP contribution in [0.4, 0.5) is 0 Å². The summed E-state index contributed by atoms with van der Waals surface area (Å²) >= 11 is 0. The molecule has 0 bridgehead atoms. The first-order chi connectivity index (χ1) is 5.52. The lowest BCUT2D eigenvalue weighted by molar-refractivity contribution is -0.208. The molecule has 4 heteroatoms. The van der Waals surface area contributed by atoms with E-state index in [4.69, 9.17) is 14.2 Å². The maximum Gasteiger partial charge on any atom is 0.192 e. The number of carbonyl (C=O) groups is 1. The molecule has 1 rings (SSSR count). The lowest BCUT2D eigenvalue weighted by Gasteiger charge is -2.21. The highest BCUT2D eigenvalue weighted by Gasteiger charge is 2.36. The molecule has 2 atom stereocenters. The van der Waals surface area contributed by atoms with Gasteiger partial charge in [-0.3, -0.25) is 4.79 Å². The Morgan fingerprint density at radius 2 is 2.42 bits per heavy atom. The summed E-state index contributed by atoms with van der Waals surface area (Å²) in [6.07, 6.45) is -0.248. The molecule has 0 N–H and O–H groups in total. The third kappa shape index (κ3) is 2.55. The van der Waals surface area contributed by atoms with Crippen molar-refractivity contribution in [1.82, 2.24) is 0 Å². The first kappa shape index (κ1) is 9.64. The summed E-state index contributed by atoms with van der Waals surface area (Å²) in [6, 6.07) is 0. The largest absolute Gasteiger partial charge is 0.347 e. The molecule has 12 heavy (non-hydrogen) atoms. The second kappa shape index (κ2) is 3.51. The van der Waals surface area contributed by atoms with Gasteiger partial charge in [-0.1, -0.05) is 0 Å².